The fourth-order valence-electron chi connectivity index (χ4n) is 3.99. The summed E-state index contributed by atoms with van der Waals surface area (Å²) in [5.41, 5.74) is 4.57. The Bertz CT molecular complexity index is 1060. The number of hydrogen-bond acceptors (Lipinski definition) is 6. The number of rotatable bonds is 8. The van der Waals surface area contributed by atoms with Crippen molar-refractivity contribution in [3.8, 4) is 11.3 Å². The molecule has 2 atom stereocenters. The lowest BCUT2D eigenvalue weighted by molar-refractivity contribution is 0.0788. The van der Waals surface area contributed by atoms with Crippen molar-refractivity contribution in [2.24, 2.45) is 5.92 Å². The number of fused-ring (bicyclic) bond motifs is 3. The lowest BCUT2D eigenvalue weighted by Gasteiger charge is -2.18. The Hall–Kier alpha value is -2.97. The molecule has 0 spiro atoms. The molecule has 0 saturated heterocycles. The molecular formula is C23H28N4O4. The molecule has 1 aliphatic carbocycles. The van der Waals surface area contributed by atoms with Crippen LogP contribution in [0.25, 0.3) is 11.3 Å². The van der Waals surface area contributed by atoms with Crippen LogP contribution >= 0.6 is 0 Å². The van der Waals surface area contributed by atoms with Crippen molar-refractivity contribution in [3.63, 3.8) is 0 Å². The number of carbonyl (C=O) groups is 1. The van der Waals surface area contributed by atoms with E-state index in [1.54, 1.807) is 6.20 Å². The SMILES string of the molecule is Cc1c(C(=O)NC[C@@H](O)[C@H](C)CCO)oc2c1-c1nn(Cc3ccccn3)cc1CC2. The van der Waals surface area contributed by atoms with E-state index in [9.17, 15) is 9.90 Å². The number of aryl methyl sites for hydroxylation is 2. The number of carbonyl (C=O) groups excluding carboxylic acids is 1. The van der Waals surface area contributed by atoms with Crippen LogP contribution in [-0.4, -0.2) is 50.1 Å². The van der Waals surface area contributed by atoms with E-state index in [2.05, 4.69) is 10.3 Å². The van der Waals surface area contributed by atoms with E-state index in [4.69, 9.17) is 14.6 Å². The van der Waals surface area contributed by atoms with E-state index in [0.717, 1.165) is 40.3 Å². The van der Waals surface area contributed by atoms with Gasteiger partial charge in [0.05, 0.1) is 24.0 Å². The Morgan fingerprint density at radius 2 is 2.19 bits per heavy atom. The van der Waals surface area contributed by atoms with Crippen LogP contribution in [0, 0.1) is 12.8 Å². The molecule has 0 radical (unpaired) electrons. The summed E-state index contributed by atoms with van der Waals surface area (Å²) in [6.45, 7) is 4.40. The first-order valence-corrected chi connectivity index (χ1v) is 10.6. The highest BCUT2D eigenvalue weighted by molar-refractivity contribution is 5.95. The van der Waals surface area contributed by atoms with E-state index >= 15 is 0 Å². The van der Waals surface area contributed by atoms with Crippen molar-refractivity contribution < 1.29 is 19.4 Å². The normalized spacial score (nSPS) is 14.6. The highest BCUT2D eigenvalue weighted by atomic mass is 16.4. The van der Waals surface area contributed by atoms with Gasteiger partial charge in [0.2, 0.25) is 0 Å². The Kier molecular flexibility index (Phi) is 6.20. The highest BCUT2D eigenvalue weighted by Crippen LogP contribution is 2.38. The Labute approximate surface area is 180 Å². The van der Waals surface area contributed by atoms with Crippen LogP contribution in [0.5, 0.6) is 0 Å². The van der Waals surface area contributed by atoms with Gasteiger partial charge < -0.3 is 19.9 Å². The van der Waals surface area contributed by atoms with Gasteiger partial charge in [0.15, 0.2) is 5.76 Å². The van der Waals surface area contributed by atoms with Gasteiger partial charge in [-0.3, -0.25) is 14.5 Å². The van der Waals surface area contributed by atoms with Crippen LogP contribution in [0.3, 0.4) is 0 Å². The van der Waals surface area contributed by atoms with Crippen molar-refractivity contribution in [1.82, 2.24) is 20.1 Å². The summed E-state index contributed by atoms with van der Waals surface area (Å²) in [6.07, 6.45) is 5.07. The molecule has 8 nitrogen and oxygen atoms in total. The van der Waals surface area contributed by atoms with Crippen molar-refractivity contribution in [2.45, 2.75) is 45.8 Å². The largest absolute Gasteiger partial charge is 0.455 e. The van der Waals surface area contributed by atoms with Gasteiger partial charge in [-0.05, 0) is 43.4 Å². The van der Waals surface area contributed by atoms with Crippen LogP contribution in [0.1, 0.15) is 46.5 Å². The molecule has 164 valence electrons. The number of aliphatic hydroxyl groups excluding tert-OH is 2. The Morgan fingerprint density at radius 3 is 2.94 bits per heavy atom. The first kappa shape index (κ1) is 21.3. The number of hydrogen-bond donors (Lipinski definition) is 3. The first-order chi connectivity index (χ1) is 15.0. The highest BCUT2D eigenvalue weighted by Gasteiger charge is 2.30. The molecule has 0 saturated carbocycles. The molecule has 3 heterocycles. The molecule has 3 aromatic rings. The predicted molar refractivity (Wildman–Crippen MR) is 115 cm³/mol. The van der Waals surface area contributed by atoms with E-state index < -0.39 is 6.10 Å². The second kappa shape index (κ2) is 9.03. The second-order valence-corrected chi connectivity index (χ2v) is 8.14. The maximum absolute atomic E-state index is 12.7. The van der Waals surface area contributed by atoms with Crippen molar-refractivity contribution in [1.29, 1.82) is 0 Å². The molecule has 31 heavy (non-hydrogen) atoms. The summed E-state index contributed by atoms with van der Waals surface area (Å²) in [7, 11) is 0. The maximum atomic E-state index is 12.7. The van der Waals surface area contributed by atoms with Crippen LogP contribution in [-0.2, 0) is 19.4 Å². The predicted octanol–water partition coefficient (Wildman–Crippen LogP) is 2.10. The van der Waals surface area contributed by atoms with Crippen molar-refractivity contribution in [3.05, 3.63) is 58.9 Å². The van der Waals surface area contributed by atoms with Gasteiger partial charge in [-0.1, -0.05) is 13.0 Å². The van der Waals surface area contributed by atoms with Gasteiger partial charge in [-0.15, -0.1) is 0 Å². The summed E-state index contributed by atoms with van der Waals surface area (Å²) >= 11 is 0. The van der Waals surface area contributed by atoms with Crippen LogP contribution in [0.4, 0.5) is 0 Å². The minimum atomic E-state index is -0.727. The summed E-state index contributed by atoms with van der Waals surface area (Å²) < 4.78 is 7.81. The fraction of sp³-hybridized carbons (Fsp3) is 0.435. The lowest BCUT2D eigenvalue weighted by atomic mass is 9.93. The third-order valence-electron chi connectivity index (χ3n) is 5.88. The van der Waals surface area contributed by atoms with Crippen LogP contribution in [0.2, 0.25) is 0 Å². The summed E-state index contributed by atoms with van der Waals surface area (Å²) in [4.78, 5) is 17.1. The summed E-state index contributed by atoms with van der Waals surface area (Å²) in [5, 5.41) is 26.7. The number of pyridine rings is 1. The van der Waals surface area contributed by atoms with E-state index in [0.29, 0.717) is 19.4 Å². The number of aromatic nitrogens is 3. The Balaban J connectivity index is 1.52. The second-order valence-electron chi connectivity index (χ2n) is 8.14. The molecule has 0 unspecified atom stereocenters. The van der Waals surface area contributed by atoms with Crippen molar-refractivity contribution in [2.75, 3.05) is 13.2 Å². The molecular weight excluding hydrogens is 396 g/mol. The average molecular weight is 425 g/mol. The molecule has 0 fully saturated rings. The number of amides is 1. The number of nitrogens with zero attached hydrogens (tertiary/aromatic N) is 3. The number of furan rings is 1. The molecule has 8 heteroatoms. The molecule has 4 rings (SSSR count). The lowest BCUT2D eigenvalue weighted by Crippen LogP contribution is -2.35. The molecule has 1 aliphatic rings. The van der Waals surface area contributed by atoms with Gasteiger partial charge in [0.25, 0.3) is 5.91 Å². The minimum absolute atomic E-state index is 0.00546. The van der Waals surface area contributed by atoms with E-state index in [1.807, 2.05) is 42.9 Å². The molecule has 3 N–H and O–H groups in total. The summed E-state index contributed by atoms with van der Waals surface area (Å²) in [6, 6.07) is 5.81. The molecule has 0 bridgehead atoms. The summed E-state index contributed by atoms with van der Waals surface area (Å²) in [5.74, 6) is 0.574. The molecule has 3 aromatic heterocycles. The zero-order chi connectivity index (χ0) is 22.0. The molecule has 0 aliphatic heterocycles. The number of nitrogens with one attached hydrogen (secondary N) is 1. The van der Waals surface area contributed by atoms with Gasteiger partial charge >= 0.3 is 0 Å². The zero-order valence-corrected chi connectivity index (χ0v) is 17.8. The maximum Gasteiger partial charge on any atom is 0.287 e. The van der Waals surface area contributed by atoms with Crippen LogP contribution in [0.15, 0.2) is 35.0 Å². The van der Waals surface area contributed by atoms with E-state index in [-0.39, 0.29) is 30.7 Å². The zero-order valence-electron chi connectivity index (χ0n) is 17.8. The van der Waals surface area contributed by atoms with Gasteiger partial charge in [0.1, 0.15) is 5.76 Å². The van der Waals surface area contributed by atoms with Gasteiger partial charge in [-0.2, -0.15) is 5.10 Å². The smallest absolute Gasteiger partial charge is 0.287 e. The third-order valence-corrected chi connectivity index (χ3v) is 5.88. The third kappa shape index (κ3) is 4.40. The average Bonchev–Trinajstić information content (AvgIpc) is 3.32. The standard InChI is InChI=1S/C23H28N4O4/c1-14(8-10-28)18(29)11-25-23(30)22-15(2)20-19(31-22)7-6-16-12-27(26-21(16)20)13-17-5-3-4-9-24-17/h3-5,9,12,14,18,28-29H,6-8,10-11,13H2,1-2H3,(H,25,30)/t14-,18-/m1/s1. The fourth-order valence-corrected chi connectivity index (χ4v) is 3.99. The minimum Gasteiger partial charge on any atom is -0.455 e. The van der Waals surface area contributed by atoms with E-state index in [1.165, 1.54) is 0 Å². The number of aliphatic hydroxyl groups is 2. The topological polar surface area (TPSA) is 113 Å². The monoisotopic (exact) mass is 424 g/mol. The Morgan fingerprint density at radius 1 is 1.35 bits per heavy atom. The first-order valence-electron chi connectivity index (χ1n) is 10.6. The molecule has 0 aromatic carbocycles. The van der Waals surface area contributed by atoms with Crippen LogP contribution < -0.4 is 5.32 Å². The molecule has 1 amide bonds. The quantitative estimate of drug-likeness (QED) is 0.510. The van der Waals surface area contributed by atoms with Gasteiger partial charge in [-0.25, -0.2) is 0 Å². The van der Waals surface area contributed by atoms with Crippen molar-refractivity contribution >= 4 is 5.91 Å². The van der Waals surface area contributed by atoms with Gasteiger partial charge in [0, 0.05) is 43.1 Å².